The molecule has 0 unspecified atom stereocenters. The summed E-state index contributed by atoms with van der Waals surface area (Å²) >= 11 is 1.37. The zero-order chi connectivity index (χ0) is 14.4. The second kappa shape index (κ2) is 7.23. The molecule has 0 aliphatic carbocycles. The fourth-order valence-corrected chi connectivity index (χ4v) is 2.61. The van der Waals surface area contributed by atoms with Crippen molar-refractivity contribution in [1.29, 1.82) is 0 Å². The van der Waals surface area contributed by atoms with Crippen LogP contribution < -0.4 is 5.32 Å². The van der Waals surface area contributed by atoms with Gasteiger partial charge in [0.25, 0.3) is 0 Å². The number of hydrogen-bond acceptors (Lipinski definition) is 5. The van der Waals surface area contributed by atoms with Crippen LogP contribution in [0.25, 0.3) is 0 Å². The highest BCUT2D eigenvalue weighted by Gasteiger charge is 2.17. The lowest BCUT2D eigenvalue weighted by Crippen LogP contribution is -2.29. The van der Waals surface area contributed by atoms with E-state index in [1.54, 1.807) is 19.1 Å². The molecule has 0 saturated carbocycles. The molecule has 1 aromatic rings. The first kappa shape index (κ1) is 14.8. The van der Waals surface area contributed by atoms with E-state index in [4.69, 9.17) is 0 Å². The van der Waals surface area contributed by atoms with E-state index in [9.17, 15) is 9.59 Å². The highest BCUT2D eigenvalue weighted by molar-refractivity contribution is 7.99. The third-order valence-electron chi connectivity index (χ3n) is 3.03. The fraction of sp³-hybridized carbons (Fsp3) is 0.538. The van der Waals surface area contributed by atoms with Crippen LogP contribution in [0.4, 0.5) is 5.82 Å². The van der Waals surface area contributed by atoms with Crippen LogP contribution in [0.3, 0.4) is 0 Å². The van der Waals surface area contributed by atoms with Crippen LogP contribution >= 0.6 is 11.8 Å². The summed E-state index contributed by atoms with van der Waals surface area (Å²) in [6.45, 7) is 3.51. The lowest BCUT2D eigenvalue weighted by molar-refractivity contribution is -0.127. The number of rotatable bonds is 5. The highest BCUT2D eigenvalue weighted by Crippen LogP contribution is 2.17. The summed E-state index contributed by atoms with van der Waals surface area (Å²) in [5.74, 6) is 0.878. The molecule has 2 amide bonds. The first-order chi connectivity index (χ1) is 9.69. The summed E-state index contributed by atoms with van der Waals surface area (Å²) in [6, 6.07) is 3.46. The Kier molecular flexibility index (Phi) is 5.34. The molecule has 108 valence electrons. The molecule has 0 atom stereocenters. The summed E-state index contributed by atoms with van der Waals surface area (Å²) in [5.41, 5.74) is 0. The molecule has 1 aliphatic rings. The van der Waals surface area contributed by atoms with E-state index in [2.05, 4.69) is 15.5 Å². The Labute approximate surface area is 122 Å². The van der Waals surface area contributed by atoms with Crippen molar-refractivity contribution in [2.75, 3.05) is 24.2 Å². The van der Waals surface area contributed by atoms with Crippen LogP contribution in [0.2, 0.25) is 0 Å². The third kappa shape index (κ3) is 4.19. The Morgan fingerprint density at radius 1 is 1.30 bits per heavy atom. The fourth-order valence-electron chi connectivity index (χ4n) is 1.89. The van der Waals surface area contributed by atoms with Crippen molar-refractivity contribution in [2.24, 2.45) is 0 Å². The molecule has 0 spiro atoms. The molecule has 0 radical (unpaired) electrons. The number of hydrogen-bond donors (Lipinski definition) is 1. The number of nitrogens with one attached hydrogen (secondary N) is 1. The van der Waals surface area contributed by atoms with Crippen molar-refractivity contribution in [3.63, 3.8) is 0 Å². The lowest BCUT2D eigenvalue weighted by Gasteiger charge is -2.14. The van der Waals surface area contributed by atoms with Crippen LogP contribution in [-0.4, -0.2) is 45.8 Å². The molecular formula is C13H18N4O2S. The van der Waals surface area contributed by atoms with Crippen molar-refractivity contribution >= 4 is 29.4 Å². The van der Waals surface area contributed by atoms with E-state index >= 15 is 0 Å². The van der Waals surface area contributed by atoms with Gasteiger partial charge in [0, 0.05) is 19.5 Å². The molecule has 6 nitrogen and oxygen atoms in total. The van der Waals surface area contributed by atoms with Crippen LogP contribution in [0, 0.1) is 0 Å². The summed E-state index contributed by atoms with van der Waals surface area (Å²) in [5, 5.41) is 11.2. The molecule has 0 bridgehead atoms. The van der Waals surface area contributed by atoms with E-state index in [1.165, 1.54) is 11.8 Å². The normalized spacial score (nSPS) is 14.3. The second-order valence-corrected chi connectivity index (χ2v) is 5.53. The maximum atomic E-state index is 11.9. The molecule has 1 saturated heterocycles. The largest absolute Gasteiger partial charge is 0.342 e. The third-order valence-corrected chi connectivity index (χ3v) is 3.94. The average molecular weight is 294 g/mol. The maximum absolute atomic E-state index is 11.9. The van der Waals surface area contributed by atoms with Gasteiger partial charge < -0.3 is 10.2 Å². The number of likely N-dealkylation sites (tertiary alicyclic amines) is 1. The van der Waals surface area contributed by atoms with Crippen molar-refractivity contribution < 1.29 is 9.59 Å². The molecule has 7 heteroatoms. The molecule has 1 fully saturated rings. The van der Waals surface area contributed by atoms with Gasteiger partial charge in [0.05, 0.1) is 5.75 Å². The summed E-state index contributed by atoms with van der Waals surface area (Å²) in [7, 11) is 0. The van der Waals surface area contributed by atoms with Crippen molar-refractivity contribution in [2.45, 2.75) is 31.2 Å². The Bertz CT molecular complexity index is 472. The van der Waals surface area contributed by atoms with Gasteiger partial charge in [-0.2, -0.15) is 0 Å². The molecule has 2 heterocycles. The van der Waals surface area contributed by atoms with Crippen LogP contribution in [-0.2, 0) is 9.59 Å². The Balaban J connectivity index is 1.81. The highest BCUT2D eigenvalue weighted by atomic mass is 32.2. The lowest BCUT2D eigenvalue weighted by atomic mass is 10.4. The van der Waals surface area contributed by atoms with Crippen molar-refractivity contribution in [1.82, 2.24) is 15.1 Å². The molecule has 2 rings (SSSR count). The van der Waals surface area contributed by atoms with Gasteiger partial charge in [0.1, 0.15) is 5.03 Å². The number of carbonyl (C=O) groups is 2. The van der Waals surface area contributed by atoms with Gasteiger partial charge in [-0.1, -0.05) is 18.7 Å². The van der Waals surface area contributed by atoms with Crippen LogP contribution in [0.5, 0.6) is 0 Å². The Morgan fingerprint density at radius 2 is 2.05 bits per heavy atom. The predicted octanol–water partition coefficient (Wildman–Crippen LogP) is 1.54. The first-order valence-electron chi connectivity index (χ1n) is 6.73. The number of aromatic nitrogens is 2. The first-order valence-corrected chi connectivity index (χ1v) is 7.71. The van der Waals surface area contributed by atoms with E-state index < -0.39 is 0 Å². The van der Waals surface area contributed by atoms with Gasteiger partial charge in [0.15, 0.2) is 5.82 Å². The molecule has 0 aromatic carbocycles. The van der Waals surface area contributed by atoms with Crippen LogP contribution in [0.15, 0.2) is 17.2 Å². The number of anilines is 1. The van der Waals surface area contributed by atoms with E-state index in [0.29, 0.717) is 23.0 Å². The Morgan fingerprint density at radius 3 is 2.65 bits per heavy atom. The maximum Gasteiger partial charge on any atom is 0.232 e. The zero-order valence-electron chi connectivity index (χ0n) is 11.5. The topological polar surface area (TPSA) is 75.2 Å². The minimum Gasteiger partial charge on any atom is -0.342 e. The SMILES string of the molecule is CCC(=O)Nc1ccc(SCC(=O)N2CCCC2)nn1. The number of carbonyl (C=O) groups excluding carboxylic acids is 2. The van der Waals surface area contributed by atoms with Crippen LogP contribution in [0.1, 0.15) is 26.2 Å². The van der Waals surface area contributed by atoms with Crippen molar-refractivity contribution in [3.8, 4) is 0 Å². The smallest absolute Gasteiger partial charge is 0.232 e. The van der Waals surface area contributed by atoms with E-state index in [1.807, 2.05) is 4.90 Å². The summed E-state index contributed by atoms with van der Waals surface area (Å²) in [6.07, 6.45) is 2.60. The monoisotopic (exact) mass is 294 g/mol. The molecule has 20 heavy (non-hydrogen) atoms. The predicted molar refractivity (Wildman–Crippen MR) is 77.5 cm³/mol. The van der Waals surface area contributed by atoms with Gasteiger partial charge in [-0.15, -0.1) is 10.2 Å². The standard InChI is InChI=1S/C13H18N4O2S/c1-2-11(18)14-10-5-6-12(16-15-10)20-9-13(19)17-7-3-4-8-17/h5-6H,2-4,7-9H2,1H3,(H,14,15,18). The number of thioether (sulfide) groups is 1. The minimum atomic E-state index is -0.0936. The van der Waals surface area contributed by atoms with E-state index in [0.717, 1.165) is 25.9 Å². The van der Waals surface area contributed by atoms with Crippen molar-refractivity contribution in [3.05, 3.63) is 12.1 Å². The molecule has 1 N–H and O–H groups in total. The van der Waals surface area contributed by atoms with Gasteiger partial charge in [-0.05, 0) is 25.0 Å². The quantitative estimate of drug-likeness (QED) is 0.834. The number of amides is 2. The Hall–Kier alpha value is -1.63. The molecule has 1 aromatic heterocycles. The summed E-state index contributed by atoms with van der Waals surface area (Å²) in [4.78, 5) is 24.9. The molecule has 1 aliphatic heterocycles. The van der Waals surface area contributed by atoms with Gasteiger partial charge in [0.2, 0.25) is 11.8 Å². The average Bonchev–Trinajstić information content (AvgIpc) is 3.00. The van der Waals surface area contributed by atoms with Gasteiger partial charge in [-0.25, -0.2) is 0 Å². The minimum absolute atomic E-state index is 0.0936. The summed E-state index contributed by atoms with van der Waals surface area (Å²) < 4.78 is 0. The zero-order valence-corrected chi connectivity index (χ0v) is 12.3. The number of nitrogens with zero attached hydrogens (tertiary/aromatic N) is 3. The molecular weight excluding hydrogens is 276 g/mol. The van der Waals surface area contributed by atoms with Gasteiger partial charge >= 0.3 is 0 Å². The van der Waals surface area contributed by atoms with E-state index in [-0.39, 0.29) is 11.8 Å². The second-order valence-electron chi connectivity index (χ2n) is 4.54. The van der Waals surface area contributed by atoms with Gasteiger partial charge in [-0.3, -0.25) is 9.59 Å².